The summed E-state index contributed by atoms with van der Waals surface area (Å²) in [5.41, 5.74) is 1.07. The molecule has 3 rings (SSSR count). The van der Waals surface area contributed by atoms with Crippen LogP contribution in [0.5, 0.6) is 0 Å². The maximum Gasteiger partial charge on any atom is 0.321 e. The van der Waals surface area contributed by atoms with E-state index in [9.17, 15) is 14.0 Å². The fraction of sp³-hybridized carbons (Fsp3) is 0.500. The third-order valence-corrected chi connectivity index (χ3v) is 4.83. The molecule has 1 aromatic heterocycles. The SMILES string of the molecule is Cc1cc(-c2nnn(CC(=O)NC(=O)NC3CCCCC3C)n2)ccc1F. The summed E-state index contributed by atoms with van der Waals surface area (Å²) in [6, 6.07) is 4.06. The van der Waals surface area contributed by atoms with Crippen molar-refractivity contribution in [3.8, 4) is 11.4 Å². The smallest absolute Gasteiger partial charge is 0.321 e. The highest BCUT2D eigenvalue weighted by Gasteiger charge is 2.23. The molecule has 2 unspecified atom stereocenters. The van der Waals surface area contributed by atoms with Gasteiger partial charge in [0, 0.05) is 11.6 Å². The van der Waals surface area contributed by atoms with Crippen LogP contribution in [0.15, 0.2) is 18.2 Å². The first-order chi connectivity index (χ1) is 12.9. The van der Waals surface area contributed by atoms with E-state index in [4.69, 9.17) is 0 Å². The molecule has 0 radical (unpaired) electrons. The van der Waals surface area contributed by atoms with Crippen molar-refractivity contribution in [3.63, 3.8) is 0 Å². The molecule has 2 atom stereocenters. The van der Waals surface area contributed by atoms with Gasteiger partial charge in [-0.25, -0.2) is 9.18 Å². The number of urea groups is 1. The van der Waals surface area contributed by atoms with Crippen LogP contribution < -0.4 is 10.6 Å². The van der Waals surface area contributed by atoms with E-state index in [1.165, 1.54) is 12.5 Å². The first kappa shape index (κ1) is 18.9. The molecule has 1 saturated carbocycles. The van der Waals surface area contributed by atoms with E-state index >= 15 is 0 Å². The van der Waals surface area contributed by atoms with E-state index in [0.717, 1.165) is 24.1 Å². The molecule has 144 valence electrons. The van der Waals surface area contributed by atoms with Crippen LogP contribution in [-0.2, 0) is 11.3 Å². The fourth-order valence-corrected chi connectivity index (χ4v) is 3.24. The van der Waals surface area contributed by atoms with Gasteiger partial charge in [-0.2, -0.15) is 4.80 Å². The number of halogens is 1. The van der Waals surface area contributed by atoms with Gasteiger partial charge < -0.3 is 5.32 Å². The number of rotatable bonds is 4. The minimum absolute atomic E-state index is 0.0874. The molecule has 1 heterocycles. The number of nitrogens with one attached hydrogen (secondary N) is 2. The number of carbonyl (C=O) groups excluding carboxylic acids is 2. The number of hydrogen-bond acceptors (Lipinski definition) is 5. The van der Waals surface area contributed by atoms with Gasteiger partial charge in [-0.05, 0) is 54.7 Å². The standard InChI is InChI=1S/C18H23FN6O2/c1-11-5-3-4-6-15(11)20-18(27)21-16(26)10-25-23-17(22-24-25)13-7-8-14(19)12(2)9-13/h7-9,11,15H,3-6,10H2,1-2H3,(H2,20,21,26,27). The van der Waals surface area contributed by atoms with Crippen molar-refractivity contribution in [1.82, 2.24) is 30.8 Å². The number of imide groups is 1. The van der Waals surface area contributed by atoms with Crippen LogP contribution in [0.1, 0.15) is 38.2 Å². The molecule has 1 aromatic carbocycles. The van der Waals surface area contributed by atoms with E-state index in [1.54, 1.807) is 19.1 Å². The van der Waals surface area contributed by atoms with Crippen LogP contribution in [0.25, 0.3) is 11.4 Å². The normalized spacial score (nSPS) is 19.5. The van der Waals surface area contributed by atoms with Crippen molar-refractivity contribution in [1.29, 1.82) is 0 Å². The third kappa shape index (κ3) is 4.87. The van der Waals surface area contributed by atoms with Gasteiger partial charge in [-0.3, -0.25) is 10.1 Å². The number of nitrogens with zero attached hydrogens (tertiary/aromatic N) is 4. The molecule has 3 amide bonds. The monoisotopic (exact) mass is 374 g/mol. The highest BCUT2D eigenvalue weighted by molar-refractivity contribution is 5.94. The molecule has 0 saturated heterocycles. The predicted octanol–water partition coefficient (Wildman–Crippen LogP) is 2.19. The number of hydrogen-bond donors (Lipinski definition) is 2. The molecule has 8 nitrogen and oxygen atoms in total. The van der Waals surface area contributed by atoms with Crippen LogP contribution in [-0.4, -0.2) is 38.2 Å². The molecule has 1 fully saturated rings. The number of amides is 3. The molecule has 0 aliphatic heterocycles. The van der Waals surface area contributed by atoms with Crippen molar-refractivity contribution in [2.45, 2.75) is 52.1 Å². The summed E-state index contributed by atoms with van der Waals surface area (Å²) in [6.07, 6.45) is 4.26. The number of benzene rings is 1. The van der Waals surface area contributed by atoms with Crippen molar-refractivity contribution in [3.05, 3.63) is 29.6 Å². The van der Waals surface area contributed by atoms with Crippen LogP contribution in [0.2, 0.25) is 0 Å². The van der Waals surface area contributed by atoms with Gasteiger partial charge >= 0.3 is 6.03 Å². The van der Waals surface area contributed by atoms with E-state index in [-0.39, 0.29) is 24.2 Å². The molecule has 1 aliphatic carbocycles. The highest BCUT2D eigenvalue weighted by atomic mass is 19.1. The Morgan fingerprint density at radius 3 is 2.81 bits per heavy atom. The second-order valence-electron chi connectivity index (χ2n) is 7.00. The maximum atomic E-state index is 13.4. The summed E-state index contributed by atoms with van der Waals surface area (Å²) in [6.45, 7) is 3.51. The Bertz CT molecular complexity index is 837. The Morgan fingerprint density at radius 1 is 1.30 bits per heavy atom. The summed E-state index contributed by atoms with van der Waals surface area (Å²) < 4.78 is 13.4. The average Bonchev–Trinajstić information content (AvgIpc) is 3.07. The van der Waals surface area contributed by atoms with Gasteiger partial charge in [-0.1, -0.05) is 19.8 Å². The summed E-state index contributed by atoms with van der Waals surface area (Å²) in [7, 11) is 0. The quantitative estimate of drug-likeness (QED) is 0.854. The van der Waals surface area contributed by atoms with Gasteiger partial charge in [0.1, 0.15) is 12.4 Å². The lowest BCUT2D eigenvalue weighted by atomic mass is 9.86. The molecule has 9 heteroatoms. The summed E-state index contributed by atoms with van der Waals surface area (Å²) >= 11 is 0. The van der Waals surface area contributed by atoms with E-state index < -0.39 is 11.9 Å². The molecule has 2 aromatic rings. The average molecular weight is 374 g/mol. The summed E-state index contributed by atoms with van der Waals surface area (Å²) in [5.74, 6) is -0.163. The topological polar surface area (TPSA) is 102 Å². The van der Waals surface area contributed by atoms with Crippen molar-refractivity contribution >= 4 is 11.9 Å². The largest absolute Gasteiger partial charge is 0.335 e. The zero-order valence-corrected chi connectivity index (χ0v) is 15.4. The molecule has 27 heavy (non-hydrogen) atoms. The Morgan fingerprint density at radius 2 is 2.07 bits per heavy atom. The molecule has 1 aliphatic rings. The summed E-state index contributed by atoms with van der Waals surface area (Å²) in [5, 5.41) is 16.9. The molecular weight excluding hydrogens is 351 g/mol. The lowest BCUT2D eigenvalue weighted by Gasteiger charge is -2.29. The second-order valence-corrected chi connectivity index (χ2v) is 7.00. The zero-order chi connectivity index (χ0) is 19.4. The zero-order valence-electron chi connectivity index (χ0n) is 15.4. The molecule has 0 spiro atoms. The van der Waals surface area contributed by atoms with Gasteiger partial charge in [0.2, 0.25) is 5.82 Å². The van der Waals surface area contributed by atoms with Crippen LogP contribution >= 0.6 is 0 Å². The molecule has 2 N–H and O–H groups in total. The number of carbonyl (C=O) groups is 2. The van der Waals surface area contributed by atoms with Crippen molar-refractivity contribution < 1.29 is 14.0 Å². The van der Waals surface area contributed by atoms with E-state index in [0.29, 0.717) is 17.0 Å². The minimum atomic E-state index is -0.532. The lowest BCUT2D eigenvalue weighted by molar-refractivity contribution is -0.121. The first-order valence-electron chi connectivity index (χ1n) is 9.07. The Labute approximate surface area is 156 Å². The third-order valence-electron chi connectivity index (χ3n) is 4.83. The lowest BCUT2D eigenvalue weighted by Crippen LogP contribution is -2.48. The Balaban J connectivity index is 1.54. The molecular formula is C18H23FN6O2. The first-order valence-corrected chi connectivity index (χ1v) is 9.07. The van der Waals surface area contributed by atoms with Crippen molar-refractivity contribution in [2.75, 3.05) is 0 Å². The summed E-state index contributed by atoms with van der Waals surface area (Å²) in [4.78, 5) is 25.1. The Kier molecular flexibility index (Phi) is 5.78. The number of tetrazole rings is 1. The van der Waals surface area contributed by atoms with Crippen LogP contribution in [0.3, 0.4) is 0 Å². The fourth-order valence-electron chi connectivity index (χ4n) is 3.24. The van der Waals surface area contributed by atoms with Gasteiger partial charge in [0.05, 0.1) is 0 Å². The van der Waals surface area contributed by atoms with Crippen molar-refractivity contribution in [2.24, 2.45) is 5.92 Å². The van der Waals surface area contributed by atoms with E-state index in [2.05, 4.69) is 33.0 Å². The number of aryl methyl sites for hydroxylation is 1. The van der Waals surface area contributed by atoms with Gasteiger partial charge in [0.15, 0.2) is 0 Å². The molecule has 0 bridgehead atoms. The van der Waals surface area contributed by atoms with Crippen LogP contribution in [0.4, 0.5) is 9.18 Å². The predicted molar refractivity (Wildman–Crippen MR) is 96.0 cm³/mol. The maximum absolute atomic E-state index is 13.4. The van der Waals surface area contributed by atoms with E-state index in [1.807, 2.05) is 0 Å². The van der Waals surface area contributed by atoms with Gasteiger partial charge in [0.25, 0.3) is 5.91 Å². The number of aromatic nitrogens is 4. The second kappa shape index (κ2) is 8.24. The highest BCUT2D eigenvalue weighted by Crippen LogP contribution is 2.23. The van der Waals surface area contributed by atoms with Gasteiger partial charge in [-0.15, -0.1) is 10.2 Å². The van der Waals surface area contributed by atoms with Crippen LogP contribution in [0, 0.1) is 18.7 Å². The Hall–Kier alpha value is -2.84. The minimum Gasteiger partial charge on any atom is -0.335 e.